The van der Waals surface area contributed by atoms with Crippen molar-refractivity contribution in [3.05, 3.63) is 65.2 Å². The predicted octanol–water partition coefficient (Wildman–Crippen LogP) is 4.38. The molecule has 0 saturated heterocycles. The van der Waals surface area contributed by atoms with Gasteiger partial charge in [-0.1, -0.05) is 24.3 Å². The molecule has 142 valence electrons. The number of hydrogen-bond donors (Lipinski definition) is 1. The quantitative estimate of drug-likeness (QED) is 0.479. The largest absolute Gasteiger partial charge is 0.418 e. The summed E-state index contributed by atoms with van der Waals surface area (Å²) < 4.78 is 39.2. The Hall–Kier alpha value is -3.09. The number of anilines is 2. The number of Topliss-reactive ketones (excluding diaryl/α,β-unsaturated/α-hetero) is 1. The van der Waals surface area contributed by atoms with E-state index in [0.717, 1.165) is 17.8 Å². The first-order chi connectivity index (χ1) is 12.6. The molecule has 0 aliphatic heterocycles. The van der Waals surface area contributed by atoms with Crippen molar-refractivity contribution in [1.29, 1.82) is 0 Å². The van der Waals surface area contributed by atoms with E-state index < -0.39 is 29.1 Å². The maximum atomic E-state index is 13.1. The molecule has 4 nitrogen and oxygen atoms in total. The van der Waals surface area contributed by atoms with Crippen LogP contribution in [0.2, 0.25) is 0 Å². The molecular weight excluding hydrogens is 357 g/mol. The van der Waals surface area contributed by atoms with Crippen LogP contribution >= 0.6 is 0 Å². The number of amides is 1. The highest BCUT2D eigenvalue weighted by atomic mass is 19.4. The smallest absolute Gasteiger partial charge is 0.378 e. The number of ketones is 1. The Bertz CT molecular complexity index is 870. The third-order valence-electron chi connectivity index (χ3n) is 3.83. The first kappa shape index (κ1) is 20.2. The van der Waals surface area contributed by atoms with Crippen molar-refractivity contribution in [3.63, 3.8) is 0 Å². The van der Waals surface area contributed by atoms with Gasteiger partial charge >= 0.3 is 6.18 Å². The van der Waals surface area contributed by atoms with Crippen LogP contribution in [0.1, 0.15) is 18.1 Å². The molecule has 2 rings (SSSR count). The van der Waals surface area contributed by atoms with E-state index in [1.165, 1.54) is 25.1 Å². The van der Waals surface area contributed by atoms with E-state index in [2.05, 4.69) is 5.32 Å². The van der Waals surface area contributed by atoms with E-state index in [1.807, 2.05) is 19.0 Å². The van der Waals surface area contributed by atoms with Crippen LogP contribution in [0.25, 0.3) is 6.08 Å². The summed E-state index contributed by atoms with van der Waals surface area (Å²) in [5.41, 5.74) is -0.0867. The molecule has 0 aliphatic carbocycles. The number of carbonyl (C=O) groups excluding carboxylic acids is 2. The fourth-order valence-corrected chi connectivity index (χ4v) is 2.39. The number of carbonyl (C=O) groups is 2. The lowest BCUT2D eigenvalue weighted by atomic mass is 10.1. The molecule has 1 amide bonds. The summed E-state index contributed by atoms with van der Waals surface area (Å²) in [5.74, 6) is -1.44. The van der Waals surface area contributed by atoms with Crippen molar-refractivity contribution < 1.29 is 22.8 Å². The average molecular weight is 376 g/mol. The van der Waals surface area contributed by atoms with Gasteiger partial charge in [-0.05, 0) is 42.8 Å². The highest BCUT2D eigenvalue weighted by molar-refractivity contribution is 6.25. The van der Waals surface area contributed by atoms with Gasteiger partial charge in [0.15, 0.2) is 5.78 Å². The summed E-state index contributed by atoms with van der Waals surface area (Å²) in [5, 5.41) is 2.19. The minimum atomic E-state index is -4.62. The third-order valence-corrected chi connectivity index (χ3v) is 3.83. The summed E-state index contributed by atoms with van der Waals surface area (Å²) in [6.45, 7) is 1.19. The normalized spacial score (nSPS) is 11.9. The van der Waals surface area contributed by atoms with Crippen molar-refractivity contribution in [2.75, 3.05) is 24.3 Å². The van der Waals surface area contributed by atoms with Gasteiger partial charge in [0.25, 0.3) is 5.91 Å². The lowest BCUT2D eigenvalue weighted by Crippen LogP contribution is -2.21. The molecule has 0 radical (unpaired) electrons. The summed E-state index contributed by atoms with van der Waals surface area (Å²) >= 11 is 0. The van der Waals surface area contributed by atoms with Gasteiger partial charge in [0.05, 0.1) is 16.8 Å². The topological polar surface area (TPSA) is 49.4 Å². The van der Waals surface area contributed by atoms with Crippen LogP contribution in [0.5, 0.6) is 0 Å². The van der Waals surface area contributed by atoms with Crippen LogP contribution in [-0.2, 0) is 15.8 Å². The molecule has 0 aliphatic rings. The number of benzene rings is 2. The van der Waals surface area contributed by atoms with E-state index in [-0.39, 0.29) is 5.57 Å². The van der Waals surface area contributed by atoms with Crippen molar-refractivity contribution in [1.82, 2.24) is 0 Å². The Kier molecular flexibility index (Phi) is 6.05. The van der Waals surface area contributed by atoms with Gasteiger partial charge in [0.2, 0.25) is 0 Å². The molecule has 0 unspecified atom stereocenters. The maximum Gasteiger partial charge on any atom is 0.418 e. The zero-order valence-electron chi connectivity index (χ0n) is 15.1. The molecule has 0 spiro atoms. The summed E-state index contributed by atoms with van der Waals surface area (Å²) in [6, 6.07) is 11.7. The second kappa shape index (κ2) is 8.07. The Labute approximate surface area is 155 Å². The van der Waals surface area contributed by atoms with Crippen LogP contribution in [0.3, 0.4) is 0 Å². The second-order valence-corrected chi connectivity index (χ2v) is 6.10. The first-order valence-electron chi connectivity index (χ1n) is 8.07. The van der Waals surface area contributed by atoms with Crippen molar-refractivity contribution in [3.8, 4) is 0 Å². The summed E-state index contributed by atoms with van der Waals surface area (Å²) in [6.07, 6.45) is -3.26. The molecule has 0 bridgehead atoms. The number of nitrogens with one attached hydrogen (secondary N) is 1. The van der Waals surface area contributed by atoms with Crippen LogP contribution < -0.4 is 10.2 Å². The Morgan fingerprint density at radius 3 is 2.11 bits per heavy atom. The molecule has 0 atom stereocenters. The SMILES string of the molecule is CC(=O)/C(=C\c1ccc(N(C)C)cc1)C(=O)Nc1ccccc1C(F)(F)F. The Balaban J connectivity index is 2.32. The third kappa shape index (κ3) is 5.20. The number of halogens is 3. The monoisotopic (exact) mass is 376 g/mol. The van der Waals surface area contributed by atoms with E-state index in [4.69, 9.17) is 0 Å². The van der Waals surface area contributed by atoms with E-state index in [0.29, 0.717) is 5.56 Å². The van der Waals surface area contributed by atoms with Gasteiger partial charge in [0.1, 0.15) is 0 Å². The minimum absolute atomic E-state index is 0.232. The average Bonchev–Trinajstić information content (AvgIpc) is 2.59. The van der Waals surface area contributed by atoms with Gasteiger partial charge in [0, 0.05) is 19.8 Å². The molecule has 1 N–H and O–H groups in total. The Morgan fingerprint density at radius 2 is 1.59 bits per heavy atom. The lowest BCUT2D eigenvalue weighted by Gasteiger charge is -2.14. The van der Waals surface area contributed by atoms with E-state index >= 15 is 0 Å². The molecule has 27 heavy (non-hydrogen) atoms. The van der Waals surface area contributed by atoms with Gasteiger partial charge in [-0.15, -0.1) is 0 Å². The molecule has 0 saturated carbocycles. The van der Waals surface area contributed by atoms with Gasteiger partial charge in [-0.2, -0.15) is 13.2 Å². The fraction of sp³-hybridized carbons (Fsp3) is 0.200. The molecule has 0 aromatic heterocycles. The molecule has 2 aromatic carbocycles. The number of rotatable bonds is 5. The zero-order valence-corrected chi connectivity index (χ0v) is 15.1. The van der Waals surface area contributed by atoms with Gasteiger partial charge < -0.3 is 10.2 Å². The molecular formula is C20H19F3N2O2. The number of nitrogens with zero attached hydrogens (tertiary/aromatic N) is 1. The number of alkyl halides is 3. The first-order valence-corrected chi connectivity index (χ1v) is 8.07. The molecule has 7 heteroatoms. The van der Waals surface area contributed by atoms with Crippen molar-refractivity contribution in [2.24, 2.45) is 0 Å². The van der Waals surface area contributed by atoms with Crippen LogP contribution in [0.15, 0.2) is 54.1 Å². The number of para-hydroxylation sites is 1. The van der Waals surface area contributed by atoms with Gasteiger partial charge in [-0.3, -0.25) is 9.59 Å². The highest BCUT2D eigenvalue weighted by Gasteiger charge is 2.33. The van der Waals surface area contributed by atoms with Crippen LogP contribution in [0, 0.1) is 0 Å². The molecule has 0 heterocycles. The highest BCUT2D eigenvalue weighted by Crippen LogP contribution is 2.34. The van der Waals surface area contributed by atoms with Gasteiger partial charge in [-0.25, -0.2) is 0 Å². The Morgan fingerprint density at radius 1 is 1.00 bits per heavy atom. The summed E-state index contributed by atoms with van der Waals surface area (Å²) in [4.78, 5) is 26.2. The maximum absolute atomic E-state index is 13.1. The van der Waals surface area contributed by atoms with E-state index in [9.17, 15) is 22.8 Å². The standard InChI is InChI=1S/C20H19F3N2O2/c1-13(26)16(12-14-8-10-15(11-9-14)25(2)3)19(27)24-18-7-5-4-6-17(18)20(21,22)23/h4-12H,1-3H3,(H,24,27)/b16-12+. The minimum Gasteiger partial charge on any atom is -0.378 e. The fourth-order valence-electron chi connectivity index (χ4n) is 2.39. The second-order valence-electron chi connectivity index (χ2n) is 6.10. The molecule has 0 fully saturated rings. The van der Waals surface area contributed by atoms with Crippen molar-refractivity contribution >= 4 is 29.1 Å². The summed E-state index contributed by atoms with van der Waals surface area (Å²) in [7, 11) is 3.74. The number of hydrogen-bond acceptors (Lipinski definition) is 3. The lowest BCUT2D eigenvalue weighted by molar-refractivity contribution is -0.137. The van der Waals surface area contributed by atoms with Crippen molar-refractivity contribution in [2.45, 2.75) is 13.1 Å². The zero-order chi connectivity index (χ0) is 20.2. The molecule has 2 aromatic rings. The van der Waals surface area contributed by atoms with E-state index in [1.54, 1.807) is 24.3 Å². The van der Waals surface area contributed by atoms with Crippen LogP contribution in [-0.4, -0.2) is 25.8 Å². The predicted molar refractivity (Wildman–Crippen MR) is 99.5 cm³/mol. The van der Waals surface area contributed by atoms with Crippen LogP contribution in [0.4, 0.5) is 24.5 Å².